The number of carbonyl (C=O) groups excluding carboxylic acids is 1. The highest BCUT2D eigenvalue weighted by Crippen LogP contribution is 2.38. The lowest BCUT2D eigenvalue weighted by molar-refractivity contribution is -0.111. The zero-order valence-corrected chi connectivity index (χ0v) is 21.3. The average Bonchev–Trinajstić information content (AvgIpc) is 2.90. The summed E-state index contributed by atoms with van der Waals surface area (Å²) in [6.45, 7) is 4.97. The molecule has 0 fully saturated rings. The van der Waals surface area contributed by atoms with Gasteiger partial charge in [0.25, 0.3) is 0 Å². The highest BCUT2D eigenvalue weighted by molar-refractivity contribution is 6.02. The number of aliphatic imine (C=N–C) groups is 1. The normalized spacial score (nSPS) is 10.8. The molecule has 3 rings (SSSR count). The van der Waals surface area contributed by atoms with E-state index in [4.69, 9.17) is 10.5 Å². The maximum atomic E-state index is 14.4. The Kier molecular flexibility index (Phi) is 9.11. The van der Waals surface area contributed by atoms with Gasteiger partial charge in [-0.15, -0.1) is 0 Å². The molecule has 0 atom stereocenters. The highest BCUT2D eigenvalue weighted by atomic mass is 19.1. The number of benzene rings is 2. The number of rotatable bonds is 11. The van der Waals surface area contributed by atoms with E-state index in [1.165, 1.54) is 18.4 Å². The number of nitrogens with zero attached hydrogens (tertiary/aromatic N) is 4. The Morgan fingerprint density at radius 2 is 2.08 bits per heavy atom. The maximum absolute atomic E-state index is 14.4. The number of carbonyl (C=O) groups is 1. The van der Waals surface area contributed by atoms with Crippen molar-refractivity contribution in [3.05, 3.63) is 60.6 Å². The topological polar surface area (TPSA) is 130 Å². The van der Waals surface area contributed by atoms with Gasteiger partial charge in [0, 0.05) is 56.8 Å². The molecule has 10 nitrogen and oxygen atoms in total. The second-order valence-electron chi connectivity index (χ2n) is 8.03. The summed E-state index contributed by atoms with van der Waals surface area (Å²) in [4.78, 5) is 26.9. The number of nitrogens with one attached hydrogen (secondary N) is 3. The Labute approximate surface area is 215 Å². The monoisotopic (exact) mass is 506 g/mol. The van der Waals surface area contributed by atoms with Crippen LogP contribution in [0.2, 0.25) is 0 Å². The van der Waals surface area contributed by atoms with Crippen LogP contribution < -0.4 is 31.3 Å². The van der Waals surface area contributed by atoms with Gasteiger partial charge in [0.2, 0.25) is 11.9 Å². The first kappa shape index (κ1) is 27.1. The van der Waals surface area contributed by atoms with Crippen molar-refractivity contribution in [2.24, 2.45) is 4.99 Å². The largest absolute Gasteiger partial charge is 0.494 e. The molecule has 194 valence electrons. The standard InChI is InChI=1S/C26H31FN8O2/c1-6-24(36)32-20-13-21(23(37-5)14-22(20)35(4)10-9-29-2)34-26-31-8-7-19(33-26)16-11-17(15-30-3)25(28)18(27)12-16/h6-8,11-15,29H,1,9-10,28H2,2-5H3,(H,32,36)(H,31,33,34). The van der Waals surface area contributed by atoms with Crippen LogP contribution in [-0.2, 0) is 4.79 Å². The Balaban J connectivity index is 2.02. The predicted octanol–water partition coefficient (Wildman–Crippen LogP) is 3.45. The van der Waals surface area contributed by atoms with E-state index in [-0.39, 0.29) is 17.5 Å². The molecule has 37 heavy (non-hydrogen) atoms. The van der Waals surface area contributed by atoms with Crippen molar-refractivity contribution in [2.45, 2.75) is 0 Å². The van der Waals surface area contributed by atoms with Gasteiger partial charge in [0.1, 0.15) is 11.6 Å². The van der Waals surface area contributed by atoms with Crippen LogP contribution >= 0.6 is 0 Å². The molecule has 0 saturated heterocycles. The van der Waals surface area contributed by atoms with Gasteiger partial charge in [0.15, 0.2) is 0 Å². The van der Waals surface area contributed by atoms with Crippen LogP contribution in [0.3, 0.4) is 0 Å². The fourth-order valence-corrected chi connectivity index (χ4v) is 3.57. The van der Waals surface area contributed by atoms with Crippen molar-refractivity contribution in [3.8, 4) is 17.0 Å². The number of hydrogen-bond donors (Lipinski definition) is 4. The molecule has 0 spiro atoms. The van der Waals surface area contributed by atoms with Gasteiger partial charge in [-0.2, -0.15) is 0 Å². The second kappa shape index (κ2) is 12.5. The van der Waals surface area contributed by atoms with E-state index in [1.54, 1.807) is 38.6 Å². The van der Waals surface area contributed by atoms with Crippen LogP contribution in [0.4, 0.5) is 33.1 Å². The summed E-state index contributed by atoms with van der Waals surface area (Å²) in [6.07, 6.45) is 4.24. The molecule has 0 aliphatic rings. The number of likely N-dealkylation sites (N-methyl/N-ethyl adjacent to an activating group) is 2. The first-order valence-corrected chi connectivity index (χ1v) is 11.4. The fourth-order valence-electron chi connectivity index (χ4n) is 3.57. The van der Waals surface area contributed by atoms with Crippen LogP contribution in [-0.4, -0.2) is 63.4 Å². The average molecular weight is 507 g/mol. The van der Waals surface area contributed by atoms with Crippen LogP contribution in [0.5, 0.6) is 5.75 Å². The molecule has 0 unspecified atom stereocenters. The molecule has 0 aliphatic heterocycles. The molecule has 1 aromatic heterocycles. The third-order valence-electron chi connectivity index (χ3n) is 5.50. The van der Waals surface area contributed by atoms with Crippen LogP contribution in [0.15, 0.2) is 54.2 Å². The molecule has 11 heteroatoms. The van der Waals surface area contributed by atoms with E-state index in [1.807, 2.05) is 25.1 Å². The fraction of sp³-hybridized carbons (Fsp3) is 0.231. The number of nitrogens with two attached hydrogens (primary N) is 1. The molecule has 1 amide bonds. The third-order valence-corrected chi connectivity index (χ3v) is 5.50. The number of aromatic nitrogens is 2. The van der Waals surface area contributed by atoms with Gasteiger partial charge in [-0.1, -0.05) is 6.58 Å². The lowest BCUT2D eigenvalue weighted by Crippen LogP contribution is -2.28. The van der Waals surface area contributed by atoms with E-state index < -0.39 is 5.82 Å². The number of methoxy groups -OCH3 is 1. The Hall–Kier alpha value is -4.51. The van der Waals surface area contributed by atoms with E-state index in [2.05, 4.69) is 37.5 Å². The molecule has 0 saturated carbocycles. The number of nitrogen functional groups attached to an aromatic ring is 1. The molecular formula is C26H31FN8O2. The SMILES string of the molecule is C=CC(=O)Nc1cc(Nc2nccc(-c3cc(F)c(N)c(C=NC)c3)n2)c(OC)cc1N(C)CCNC. The van der Waals surface area contributed by atoms with Crippen molar-refractivity contribution in [2.75, 3.05) is 62.6 Å². The minimum atomic E-state index is -0.567. The summed E-state index contributed by atoms with van der Waals surface area (Å²) < 4.78 is 20.1. The number of ether oxygens (including phenoxy) is 1. The molecule has 5 N–H and O–H groups in total. The summed E-state index contributed by atoms with van der Waals surface area (Å²) >= 11 is 0. The van der Waals surface area contributed by atoms with E-state index >= 15 is 0 Å². The van der Waals surface area contributed by atoms with E-state index in [0.29, 0.717) is 40.5 Å². The Morgan fingerprint density at radius 1 is 1.30 bits per heavy atom. The van der Waals surface area contributed by atoms with Crippen molar-refractivity contribution < 1.29 is 13.9 Å². The highest BCUT2D eigenvalue weighted by Gasteiger charge is 2.17. The van der Waals surface area contributed by atoms with Gasteiger partial charge in [0.05, 0.1) is 35.6 Å². The Bertz CT molecular complexity index is 1310. The van der Waals surface area contributed by atoms with Gasteiger partial charge < -0.3 is 31.3 Å². The van der Waals surface area contributed by atoms with Gasteiger partial charge in [-0.05, 0) is 37.4 Å². The molecule has 3 aromatic rings. The van der Waals surface area contributed by atoms with Crippen LogP contribution in [0.1, 0.15) is 5.56 Å². The number of hydrogen-bond acceptors (Lipinski definition) is 9. The van der Waals surface area contributed by atoms with Gasteiger partial charge in [-0.3, -0.25) is 9.79 Å². The van der Waals surface area contributed by atoms with Crippen molar-refractivity contribution in [1.82, 2.24) is 15.3 Å². The second-order valence-corrected chi connectivity index (χ2v) is 8.03. The summed E-state index contributed by atoms with van der Waals surface area (Å²) in [6, 6.07) is 8.23. The molecule has 0 bridgehead atoms. The molecule has 1 heterocycles. The lowest BCUT2D eigenvalue weighted by Gasteiger charge is -2.24. The minimum absolute atomic E-state index is 0.0142. The quantitative estimate of drug-likeness (QED) is 0.177. The summed E-state index contributed by atoms with van der Waals surface area (Å²) in [5, 5.41) is 9.09. The Morgan fingerprint density at radius 3 is 2.76 bits per heavy atom. The third kappa shape index (κ3) is 6.58. The number of anilines is 5. The lowest BCUT2D eigenvalue weighted by atomic mass is 10.1. The maximum Gasteiger partial charge on any atom is 0.247 e. The molecule has 0 aliphatic carbocycles. The van der Waals surface area contributed by atoms with Gasteiger partial charge in [-0.25, -0.2) is 14.4 Å². The summed E-state index contributed by atoms with van der Waals surface area (Å²) in [7, 11) is 6.91. The first-order chi connectivity index (χ1) is 17.8. The van der Waals surface area contributed by atoms with E-state index in [9.17, 15) is 9.18 Å². The number of amides is 1. The minimum Gasteiger partial charge on any atom is -0.494 e. The summed E-state index contributed by atoms with van der Waals surface area (Å²) in [5.74, 6) is -0.162. The predicted molar refractivity (Wildman–Crippen MR) is 148 cm³/mol. The molecular weight excluding hydrogens is 475 g/mol. The van der Waals surface area contributed by atoms with Gasteiger partial charge >= 0.3 is 0 Å². The van der Waals surface area contributed by atoms with Crippen molar-refractivity contribution in [3.63, 3.8) is 0 Å². The van der Waals surface area contributed by atoms with Crippen LogP contribution in [0, 0.1) is 5.82 Å². The smallest absolute Gasteiger partial charge is 0.247 e. The van der Waals surface area contributed by atoms with E-state index in [0.717, 1.165) is 12.2 Å². The van der Waals surface area contributed by atoms with Crippen molar-refractivity contribution >= 4 is 40.8 Å². The molecule has 0 radical (unpaired) electrons. The zero-order valence-electron chi connectivity index (χ0n) is 21.3. The van der Waals surface area contributed by atoms with Crippen molar-refractivity contribution in [1.29, 1.82) is 0 Å². The van der Waals surface area contributed by atoms with Crippen LogP contribution in [0.25, 0.3) is 11.3 Å². The first-order valence-electron chi connectivity index (χ1n) is 11.4. The number of halogens is 1. The summed E-state index contributed by atoms with van der Waals surface area (Å²) in [5.41, 5.74) is 9.11. The zero-order chi connectivity index (χ0) is 26.9. The molecule has 2 aromatic carbocycles.